The molecule has 0 aliphatic carbocycles. The van der Waals surface area contributed by atoms with Gasteiger partial charge in [-0.05, 0) is 38.1 Å². The lowest BCUT2D eigenvalue weighted by molar-refractivity contribution is -0.385. The summed E-state index contributed by atoms with van der Waals surface area (Å²) in [6.45, 7) is 4.60. The van der Waals surface area contributed by atoms with Gasteiger partial charge in [0.1, 0.15) is 17.6 Å². The summed E-state index contributed by atoms with van der Waals surface area (Å²) in [6, 6.07) is 7.91. The maximum atomic E-state index is 12.5. The Balaban J connectivity index is 1.79. The summed E-state index contributed by atoms with van der Waals surface area (Å²) in [4.78, 5) is 23.1. The first-order chi connectivity index (χ1) is 13.4. The molecule has 148 valence electrons. The van der Waals surface area contributed by atoms with Gasteiger partial charge in [0.2, 0.25) is 0 Å². The number of benzene rings is 2. The third-order valence-electron chi connectivity index (χ3n) is 4.46. The maximum absolute atomic E-state index is 12.5. The molecule has 1 amide bonds. The standard InChI is InChI=1S/C20H22N2O6/c1-4-27-18-9-14-7-12(2)28-19(14)10-15(18)11-21-20(23)13-5-6-17(26-3)16(8-13)22(24)25/h5-6,8-10,12H,4,7,11H2,1-3H3,(H,21,23)/t12-/m0/s1. The van der Waals surface area contributed by atoms with E-state index in [1.165, 1.54) is 25.3 Å². The van der Waals surface area contributed by atoms with E-state index in [2.05, 4.69) is 5.32 Å². The zero-order valence-corrected chi connectivity index (χ0v) is 16.0. The Bertz CT molecular complexity index is 912. The number of hydrogen-bond donors (Lipinski definition) is 1. The number of carbonyl (C=O) groups excluding carboxylic acids is 1. The van der Waals surface area contributed by atoms with Crippen molar-refractivity contribution in [1.82, 2.24) is 5.32 Å². The van der Waals surface area contributed by atoms with Crippen LogP contribution in [0.15, 0.2) is 30.3 Å². The van der Waals surface area contributed by atoms with Crippen molar-refractivity contribution in [3.63, 3.8) is 0 Å². The Kier molecular flexibility index (Phi) is 5.67. The summed E-state index contributed by atoms with van der Waals surface area (Å²) >= 11 is 0. The van der Waals surface area contributed by atoms with E-state index < -0.39 is 10.8 Å². The Labute approximate surface area is 162 Å². The van der Waals surface area contributed by atoms with Gasteiger partial charge in [0, 0.05) is 35.7 Å². The molecule has 1 N–H and O–H groups in total. The molecule has 0 spiro atoms. The van der Waals surface area contributed by atoms with Crippen molar-refractivity contribution in [2.75, 3.05) is 13.7 Å². The second-order valence-corrected chi connectivity index (χ2v) is 6.46. The minimum absolute atomic E-state index is 0.102. The molecule has 0 saturated heterocycles. The number of nitrogens with one attached hydrogen (secondary N) is 1. The van der Waals surface area contributed by atoms with Crippen LogP contribution in [0.5, 0.6) is 17.2 Å². The van der Waals surface area contributed by atoms with Crippen LogP contribution in [-0.4, -0.2) is 30.7 Å². The van der Waals surface area contributed by atoms with Crippen LogP contribution in [0, 0.1) is 10.1 Å². The minimum Gasteiger partial charge on any atom is -0.494 e. The highest BCUT2D eigenvalue weighted by atomic mass is 16.6. The molecule has 0 fully saturated rings. The number of methoxy groups -OCH3 is 1. The summed E-state index contributed by atoms with van der Waals surface area (Å²) in [5, 5.41) is 13.9. The van der Waals surface area contributed by atoms with E-state index in [-0.39, 0.29) is 29.6 Å². The monoisotopic (exact) mass is 386 g/mol. The van der Waals surface area contributed by atoms with Gasteiger partial charge in [-0.3, -0.25) is 14.9 Å². The molecule has 1 aliphatic heterocycles. The second-order valence-electron chi connectivity index (χ2n) is 6.46. The first kappa shape index (κ1) is 19.5. The average Bonchev–Trinajstić information content (AvgIpc) is 3.04. The lowest BCUT2D eigenvalue weighted by Crippen LogP contribution is -2.23. The van der Waals surface area contributed by atoms with Crippen LogP contribution < -0.4 is 19.5 Å². The third kappa shape index (κ3) is 4.00. The van der Waals surface area contributed by atoms with Crippen molar-refractivity contribution < 1.29 is 23.9 Å². The molecule has 8 nitrogen and oxygen atoms in total. The van der Waals surface area contributed by atoms with Crippen molar-refractivity contribution in [1.29, 1.82) is 0 Å². The average molecular weight is 386 g/mol. The van der Waals surface area contributed by atoms with E-state index in [9.17, 15) is 14.9 Å². The second kappa shape index (κ2) is 8.16. The summed E-state index contributed by atoms with van der Waals surface area (Å²) in [6.07, 6.45) is 0.923. The van der Waals surface area contributed by atoms with Crippen molar-refractivity contribution in [2.45, 2.75) is 32.9 Å². The third-order valence-corrected chi connectivity index (χ3v) is 4.46. The smallest absolute Gasteiger partial charge is 0.311 e. The maximum Gasteiger partial charge on any atom is 0.311 e. The highest BCUT2D eigenvalue weighted by molar-refractivity contribution is 5.95. The fourth-order valence-corrected chi connectivity index (χ4v) is 3.16. The lowest BCUT2D eigenvalue weighted by Gasteiger charge is -2.13. The van der Waals surface area contributed by atoms with Crippen molar-refractivity contribution in [3.05, 3.63) is 57.1 Å². The van der Waals surface area contributed by atoms with Crippen LogP contribution in [0.1, 0.15) is 35.3 Å². The molecule has 0 radical (unpaired) electrons. The predicted molar refractivity (Wildman–Crippen MR) is 102 cm³/mol. The van der Waals surface area contributed by atoms with E-state index in [4.69, 9.17) is 14.2 Å². The van der Waals surface area contributed by atoms with Crippen molar-refractivity contribution in [3.8, 4) is 17.2 Å². The van der Waals surface area contributed by atoms with Crippen molar-refractivity contribution in [2.24, 2.45) is 0 Å². The Morgan fingerprint density at radius 2 is 2.11 bits per heavy atom. The molecule has 0 unspecified atom stereocenters. The first-order valence-electron chi connectivity index (χ1n) is 8.98. The Morgan fingerprint density at radius 1 is 1.32 bits per heavy atom. The normalized spacial score (nSPS) is 14.8. The van der Waals surface area contributed by atoms with Gasteiger partial charge in [-0.25, -0.2) is 0 Å². The van der Waals surface area contributed by atoms with Crippen LogP contribution in [0.4, 0.5) is 5.69 Å². The number of ether oxygens (including phenoxy) is 3. The Hall–Kier alpha value is -3.29. The number of carbonyl (C=O) groups is 1. The van der Waals surface area contributed by atoms with E-state index in [0.29, 0.717) is 12.4 Å². The number of nitro benzene ring substituents is 1. The molecule has 0 saturated carbocycles. The lowest BCUT2D eigenvalue weighted by atomic mass is 10.1. The fourth-order valence-electron chi connectivity index (χ4n) is 3.16. The van der Waals surface area contributed by atoms with Gasteiger partial charge >= 0.3 is 5.69 Å². The zero-order chi connectivity index (χ0) is 20.3. The highest BCUT2D eigenvalue weighted by Crippen LogP contribution is 2.35. The van der Waals surface area contributed by atoms with Gasteiger partial charge in [0.15, 0.2) is 5.75 Å². The Morgan fingerprint density at radius 3 is 2.79 bits per heavy atom. The molecule has 28 heavy (non-hydrogen) atoms. The van der Waals surface area contributed by atoms with E-state index >= 15 is 0 Å². The number of nitro groups is 1. The van der Waals surface area contributed by atoms with E-state index in [0.717, 1.165) is 23.3 Å². The molecule has 1 atom stereocenters. The predicted octanol–water partition coefficient (Wildman–Crippen LogP) is 3.26. The summed E-state index contributed by atoms with van der Waals surface area (Å²) < 4.78 is 16.4. The minimum atomic E-state index is -0.582. The van der Waals surface area contributed by atoms with Gasteiger partial charge in [0.25, 0.3) is 5.91 Å². The van der Waals surface area contributed by atoms with Gasteiger partial charge in [-0.15, -0.1) is 0 Å². The van der Waals surface area contributed by atoms with Crippen LogP contribution in [0.25, 0.3) is 0 Å². The topological polar surface area (TPSA) is 99.9 Å². The van der Waals surface area contributed by atoms with Crippen LogP contribution >= 0.6 is 0 Å². The summed E-state index contributed by atoms with van der Waals surface area (Å²) in [7, 11) is 1.34. The van der Waals surface area contributed by atoms with Gasteiger partial charge in [0.05, 0.1) is 18.6 Å². The van der Waals surface area contributed by atoms with Crippen molar-refractivity contribution >= 4 is 11.6 Å². The van der Waals surface area contributed by atoms with E-state index in [1.54, 1.807) is 0 Å². The molecule has 1 heterocycles. The molecule has 1 aliphatic rings. The highest BCUT2D eigenvalue weighted by Gasteiger charge is 2.23. The number of nitrogens with zero attached hydrogens (tertiary/aromatic N) is 1. The molecule has 0 bridgehead atoms. The molecule has 2 aromatic carbocycles. The number of rotatable bonds is 7. The van der Waals surface area contributed by atoms with Crippen LogP contribution in [0.2, 0.25) is 0 Å². The SMILES string of the molecule is CCOc1cc2c(cc1CNC(=O)c1ccc(OC)c([N+](=O)[O-])c1)O[C@@H](C)C2. The van der Waals surface area contributed by atoms with E-state index in [1.807, 2.05) is 26.0 Å². The molecule has 2 aromatic rings. The molecule has 8 heteroatoms. The fraction of sp³-hybridized carbons (Fsp3) is 0.350. The van der Waals surface area contributed by atoms with Gasteiger partial charge in [-0.1, -0.05) is 0 Å². The van der Waals surface area contributed by atoms with Gasteiger partial charge in [-0.2, -0.15) is 0 Å². The zero-order valence-electron chi connectivity index (χ0n) is 16.0. The summed E-state index contributed by atoms with van der Waals surface area (Å²) in [5.41, 5.74) is 1.78. The largest absolute Gasteiger partial charge is 0.494 e. The van der Waals surface area contributed by atoms with Crippen LogP contribution in [-0.2, 0) is 13.0 Å². The molecular formula is C20H22N2O6. The molecular weight excluding hydrogens is 364 g/mol. The summed E-state index contributed by atoms with van der Waals surface area (Å²) in [5.74, 6) is 1.16. The number of hydrogen-bond acceptors (Lipinski definition) is 6. The molecule has 3 rings (SSSR count). The van der Waals surface area contributed by atoms with Gasteiger partial charge < -0.3 is 19.5 Å². The quantitative estimate of drug-likeness (QED) is 0.579. The number of fused-ring (bicyclic) bond motifs is 1. The molecule has 0 aromatic heterocycles. The van der Waals surface area contributed by atoms with Crippen LogP contribution in [0.3, 0.4) is 0 Å². The number of amides is 1. The first-order valence-corrected chi connectivity index (χ1v) is 8.98.